The highest BCUT2D eigenvalue weighted by atomic mass is 32.2. The standard InChI is InChI=1S/C35H28F3N3O6S2/c1-46-20-10-8-19(9-11-20)41-32(43)27-22-14-23(28(27)33(41)44)29-26(22)25(30-31(48-29)40-34(45)49-30)16-4-2-7-21(12-16)47-15-24(42)39-18-6-3-5-17(13-18)35(36,37)38/h2-13,22-23,25-29H,14-15H2,1H3,(H,39,42)(H,40,45)/t22?,23?,25-,26?,27?,28?,29?/m1/s1. The fourth-order valence-electron chi connectivity index (χ4n) is 8.29. The second-order valence-electron chi connectivity index (χ2n) is 12.7. The number of H-pyrrole nitrogens is 1. The van der Waals surface area contributed by atoms with E-state index in [2.05, 4.69) is 10.3 Å². The van der Waals surface area contributed by atoms with Crippen LogP contribution in [-0.2, 0) is 20.6 Å². The van der Waals surface area contributed by atoms with Crippen LogP contribution in [0.15, 0.2) is 82.6 Å². The van der Waals surface area contributed by atoms with Crippen molar-refractivity contribution in [2.45, 2.75) is 28.8 Å². The van der Waals surface area contributed by atoms with E-state index in [0.29, 0.717) is 17.2 Å². The van der Waals surface area contributed by atoms with Crippen molar-refractivity contribution < 1.29 is 37.0 Å². The second kappa shape index (κ2) is 11.8. The Bertz CT molecular complexity index is 2050. The van der Waals surface area contributed by atoms with E-state index in [4.69, 9.17) is 9.47 Å². The Hall–Kier alpha value is -4.56. The number of hydrogen-bond acceptors (Lipinski definition) is 8. The van der Waals surface area contributed by atoms with Crippen molar-refractivity contribution in [1.29, 1.82) is 0 Å². The Labute approximate surface area is 285 Å². The fraction of sp³-hybridized carbons (Fsp3) is 0.314. The lowest BCUT2D eigenvalue weighted by molar-refractivity contribution is -0.137. The van der Waals surface area contributed by atoms with Crippen LogP contribution < -0.4 is 24.6 Å². The summed E-state index contributed by atoms with van der Waals surface area (Å²) >= 11 is 2.72. The molecule has 2 aliphatic carbocycles. The number of thiazole rings is 1. The summed E-state index contributed by atoms with van der Waals surface area (Å²) in [6.45, 7) is -0.443. The van der Waals surface area contributed by atoms with Gasteiger partial charge in [-0.2, -0.15) is 13.2 Å². The topological polar surface area (TPSA) is 118 Å². The van der Waals surface area contributed by atoms with E-state index in [1.165, 1.54) is 17.0 Å². The quantitative estimate of drug-likeness (QED) is 0.221. The highest BCUT2D eigenvalue weighted by molar-refractivity contribution is 8.00. The molecule has 9 nitrogen and oxygen atoms in total. The summed E-state index contributed by atoms with van der Waals surface area (Å²) in [6.07, 6.45) is -3.81. The predicted octanol–water partition coefficient (Wildman–Crippen LogP) is 6.16. The zero-order chi connectivity index (χ0) is 34.2. The molecule has 3 aromatic carbocycles. The smallest absolute Gasteiger partial charge is 0.416 e. The van der Waals surface area contributed by atoms with Gasteiger partial charge < -0.3 is 19.8 Å². The molecule has 14 heteroatoms. The zero-order valence-corrected chi connectivity index (χ0v) is 27.4. The third-order valence-electron chi connectivity index (χ3n) is 10.1. The van der Waals surface area contributed by atoms with Gasteiger partial charge >= 0.3 is 11.0 Å². The molecule has 0 radical (unpaired) electrons. The summed E-state index contributed by atoms with van der Waals surface area (Å²) in [5.41, 5.74) is 0.480. The van der Waals surface area contributed by atoms with Crippen molar-refractivity contribution in [3.8, 4) is 11.5 Å². The van der Waals surface area contributed by atoms with Gasteiger partial charge in [0.25, 0.3) is 5.91 Å². The minimum Gasteiger partial charge on any atom is -0.497 e. The number of carbonyl (C=O) groups excluding carboxylic acids is 3. The van der Waals surface area contributed by atoms with Gasteiger partial charge in [0.05, 0.1) is 35.2 Å². The van der Waals surface area contributed by atoms with Crippen molar-refractivity contribution in [3.63, 3.8) is 0 Å². The van der Waals surface area contributed by atoms with Gasteiger partial charge in [-0.05, 0) is 84.3 Å². The molecule has 252 valence electrons. The Morgan fingerprint density at radius 2 is 1.69 bits per heavy atom. The maximum Gasteiger partial charge on any atom is 0.416 e. The Kier molecular flexibility index (Phi) is 7.63. The molecule has 2 aliphatic heterocycles. The highest BCUT2D eigenvalue weighted by Gasteiger charge is 2.69. The number of alkyl halides is 3. The third kappa shape index (κ3) is 5.32. The van der Waals surface area contributed by atoms with Crippen LogP contribution in [0.5, 0.6) is 11.5 Å². The molecule has 3 amide bonds. The zero-order valence-electron chi connectivity index (χ0n) is 25.7. The summed E-state index contributed by atoms with van der Waals surface area (Å²) in [5.74, 6) is -1.39. The van der Waals surface area contributed by atoms with Gasteiger partial charge in [-0.3, -0.25) is 24.1 Å². The van der Waals surface area contributed by atoms with Crippen LogP contribution in [0.2, 0.25) is 0 Å². The van der Waals surface area contributed by atoms with Gasteiger partial charge in [-0.1, -0.05) is 29.5 Å². The van der Waals surface area contributed by atoms with Crippen LogP contribution >= 0.6 is 23.1 Å². The van der Waals surface area contributed by atoms with Crippen molar-refractivity contribution in [1.82, 2.24) is 4.98 Å². The molecular formula is C35H28F3N3O6S2. The van der Waals surface area contributed by atoms with Gasteiger partial charge in [0.1, 0.15) is 11.5 Å². The van der Waals surface area contributed by atoms with E-state index >= 15 is 0 Å². The fourth-order valence-corrected chi connectivity index (χ4v) is 11.2. The van der Waals surface area contributed by atoms with Crippen LogP contribution in [0.25, 0.3) is 0 Å². The number of aromatic amines is 1. The lowest BCUT2D eigenvalue weighted by atomic mass is 9.68. The van der Waals surface area contributed by atoms with Gasteiger partial charge in [0.15, 0.2) is 6.61 Å². The first-order valence-electron chi connectivity index (χ1n) is 15.6. The first kappa shape index (κ1) is 31.7. The van der Waals surface area contributed by atoms with Crippen LogP contribution in [0.3, 0.4) is 0 Å². The van der Waals surface area contributed by atoms with E-state index in [0.717, 1.165) is 45.4 Å². The molecule has 1 saturated heterocycles. The highest BCUT2D eigenvalue weighted by Crippen LogP contribution is 2.68. The van der Waals surface area contributed by atoms with Crippen LogP contribution in [0.4, 0.5) is 24.5 Å². The number of anilines is 2. The summed E-state index contributed by atoms with van der Waals surface area (Å²) in [6, 6.07) is 18.4. The number of aromatic nitrogens is 1. The average Bonchev–Trinajstić information content (AvgIpc) is 3.82. The number of fused-ring (bicyclic) bond motifs is 9. The second-order valence-corrected chi connectivity index (χ2v) is 14.9. The van der Waals surface area contributed by atoms with E-state index in [1.54, 1.807) is 61.3 Å². The number of halogens is 3. The molecule has 3 heterocycles. The van der Waals surface area contributed by atoms with Gasteiger partial charge in [-0.15, -0.1) is 11.8 Å². The molecule has 2 N–H and O–H groups in total. The molecule has 8 rings (SSSR count). The largest absolute Gasteiger partial charge is 0.497 e. The number of nitrogens with one attached hydrogen (secondary N) is 2. The number of methoxy groups -OCH3 is 1. The van der Waals surface area contributed by atoms with Crippen molar-refractivity contribution in [3.05, 3.63) is 98.5 Å². The van der Waals surface area contributed by atoms with E-state index in [-0.39, 0.29) is 51.3 Å². The number of rotatable bonds is 7. The number of thioether (sulfide) groups is 1. The average molecular weight is 708 g/mol. The SMILES string of the molecule is COc1ccc(N2C(=O)C3C4CC(C3C2=O)C2C4Sc3[nH]c(=O)sc3[C@@H]2c2cccc(OCC(=O)Nc3cccc(C(F)(F)F)c3)c2)cc1. The van der Waals surface area contributed by atoms with Crippen LogP contribution in [0.1, 0.15) is 28.3 Å². The van der Waals surface area contributed by atoms with Gasteiger partial charge in [0.2, 0.25) is 11.8 Å². The van der Waals surface area contributed by atoms with E-state index in [1.807, 2.05) is 6.07 Å². The predicted molar refractivity (Wildman–Crippen MR) is 176 cm³/mol. The molecule has 2 saturated carbocycles. The molecule has 49 heavy (non-hydrogen) atoms. The number of carbonyl (C=O) groups is 3. The number of benzene rings is 3. The molecule has 7 atom stereocenters. The molecule has 1 aromatic heterocycles. The summed E-state index contributed by atoms with van der Waals surface area (Å²) in [5, 5.41) is 3.20. The van der Waals surface area contributed by atoms with Crippen molar-refractivity contribution in [2.75, 3.05) is 23.9 Å². The molecule has 4 aromatic rings. The third-order valence-corrected chi connectivity index (χ3v) is 12.7. The molecular weight excluding hydrogens is 680 g/mol. The summed E-state index contributed by atoms with van der Waals surface area (Å²) in [4.78, 5) is 58.1. The number of imide groups is 1. The molecule has 6 unspecified atom stereocenters. The van der Waals surface area contributed by atoms with Crippen molar-refractivity contribution >= 4 is 52.2 Å². The normalized spacial score (nSPS) is 26.7. The lowest BCUT2D eigenvalue weighted by Crippen LogP contribution is -2.42. The maximum absolute atomic E-state index is 14.0. The summed E-state index contributed by atoms with van der Waals surface area (Å²) < 4.78 is 50.4. The summed E-state index contributed by atoms with van der Waals surface area (Å²) in [7, 11) is 1.55. The Morgan fingerprint density at radius 1 is 0.959 bits per heavy atom. The monoisotopic (exact) mass is 707 g/mol. The molecule has 3 fully saturated rings. The number of ether oxygens (including phenoxy) is 2. The van der Waals surface area contributed by atoms with E-state index < -0.39 is 36.1 Å². The molecule has 0 spiro atoms. The molecule has 4 aliphatic rings. The first-order chi connectivity index (χ1) is 23.5. The van der Waals surface area contributed by atoms with Crippen LogP contribution in [0, 0.1) is 29.6 Å². The Morgan fingerprint density at radius 3 is 2.43 bits per heavy atom. The van der Waals surface area contributed by atoms with Crippen molar-refractivity contribution in [2.24, 2.45) is 29.6 Å². The number of hydrogen-bond donors (Lipinski definition) is 2. The minimum atomic E-state index is -4.54. The Balaban J connectivity index is 1.05. The van der Waals surface area contributed by atoms with Gasteiger partial charge in [-0.25, -0.2) is 0 Å². The minimum absolute atomic E-state index is 0.00194. The molecule has 2 bridgehead atoms. The maximum atomic E-state index is 14.0. The van der Waals surface area contributed by atoms with Crippen LogP contribution in [-0.4, -0.2) is 41.7 Å². The number of nitrogens with zero attached hydrogens (tertiary/aromatic N) is 1. The first-order valence-corrected chi connectivity index (χ1v) is 17.3. The van der Waals surface area contributed by atoms with Gasteiger partial charge in [0, 0.05) is 21.7 Å². The van der Waals surface area contributed by atoms with E-state index in [9.17, 15) is 32.3 Å². The lowest BCUT2D eigenvalue weighted by Gasteiger charge is -2.43. The number of amides is 3.